The molecule has 1 aliphatic rings. The maximum Gasteiger partial charge on any atom is 0.269 e. The van der Waals surface area contributed by atoms with Gasteiger partial charge in [0.2, 0.25) is 5.91 Å². The Bertz CT molecular complexity index is 1050. The first-order valence-electron chi connectivity index (χ1n) is 9.04. The van der Waals surface area contributed by atoms with Crippen LogP contribution in [0.1, 0.15) is 34.8 Å². The van der Waals surface area contributed by atoms with Crippen molar-refractivity contribution in [1.82, 2.24) is 9.78 Å². The molecule has 1 aromatic carbocycles. The van der Waals surface area contributed by atoms with E-state index in [-0.39, 0.29) is 5.91 Å². The van der Waals surface area contributed by atoms with Gasteiger partial charge in [0, 0.05) is 24.0 Å². The maximum absolute atomic E-state index is 13.3. The molecule has 4 rings (SSSR count). The molecule has 0 saturated heterocycles. The lowest BCUT2D eigenvalue weighted by atomic mass is 10.1. The van der Waals surface area contributed by atoms with Crippen molar-refractivity contribution < 1.29 is 9.59 Å². The third-order valence-corrected chi connectivity index (χ3v) is 6.02. The Kier molecular flexibility index (Phi) is 4.26. The number of primary amides is 1. The number of thiophene rings is 1. The fraction of sp³-hybridized carbons (Fsp3) is 0.350. The van der Waals surface area contributed by atoms with Crippen LogP contribution in [0.2, 0.25) is 0 Å². The molecule has 140 valence electrons. The van der Waals surface area contributed by atoms with Crippen molar-refractivity contribution in [2.45, 2.75) is 39.8 Å². The summed E-state index contributed by atoms with van der Waals surface area (Å²) in [6, 6.07) is 8.84. The van der Waals surface area contributed by atoms with E-state index >= 15 is 0 Å². The molecule has 0 unspecified atom stereocenters. The van der Waals surface area contributed by atoms with Gasteiger partial charge in [-0.25, -0.2) is 0 Å². The van der Waals surface area contributed by atoms with Gasteiger partial charge in [0.15, 0.2) is 0 Å². The van der Waals surface area contributed by atoms with Crippen molar-refractivity contribution in [3.63, 3.8) is 0 Å². The van der Waals surface area contributed by atoms with Gasteiger partial charge in [-0.05, 0) is 30.5 Å². The topological polar surface area (TPSA) is 81.2 Å². The summed E-state index contributed by atoms with van der Waals surface area (Å²) in [6.07, 6.45) is 0.461. The van der Waals surface area contributed by atoms with Crippen LogP contribution < -0.4 is 10.6 Å². The summed E-state index contributed by atoms with van der Waals surface area (Å²) >= 11 is 1.43. The lowest BCUT2D eigenvalue weighted by molar-refractivity contribution is -0.119. The van der Waals surface area contributed by atoms with Gasteiger partial charge >= 0.3 is 0 Å². The molecule has 6 nitrogen and oxygen atoms in total. The van der Waals surface area contributed by atoms with E-state index in [9.17, 15) is 9.59 Å². The van der Waals surface area contributed by atoms with Gasteiger partial charge in [0.05, 0.1) is 10.6 Å². The second kappa shape index (κ2) is 6.49. The van der Waals surface area contributed by atoms with E-state index in [2.05, 4.69) is 18.9 Å². The molecule has 2 aromatic heterocycles. The Morgan fingerprint density at radius 2 is 2.07 bits per heavy atom. The number of nitrogens with zero attached hydrogens (tertiary/aromatic N) is 3. The van der Waals surface area contributed by atoms with Crippen molar-refractivity contribution >= 4 is 39.1 Å². The molecule has 1 aliphatic heterocycles. The Hall–Kier alpha value is -2.67. The van der Waals surface area contributed by atoms with Crippen LogP contribution in [-0.4, -0.2) is 27.6 Å². The van der Waals surface area contributed by atoms with Crippen LogP contribution in [0.3, 0.4) is 0 Å². The highest BCUT2D eigenvalue weighted by molar-refractivity contribution is 7.20. The van der Waals surface area contributed by atoms with E-state index in [1.54, 1.807) is 4.90 Å². The van der Waals surface area contributed by atoms with Crippen LogP contribution in [0.25, 0.3) is 10.2 Å². The van der Waals surface area contributed by atoms with Gasteiger partial charge in [-0.1, -0.05) is 32.0 Å². The monoisotopic (exact) mass is 382 g/mol. The first kappa shape index (κ1) is 17.7. The fourth-order valence-electron chi connectivity index (χ4n) is 3.67. The molecule has 7 heteroatoms. The average molecular weight is 382 g/mol. The van der Waals surface area contributed by atoms with Crippen LogP contribution in [0.15, 0.2) is 30.3 Å². The van der Waals surface area contributed by atoms with Gasteiger partial charge in [0.25, 0.3) is 5.91 Å². The Morgan fingerprint density at radius 3 is 2.78 bits per heavy atom. The number of rotatable bonds is 4. The molecule has 0 bridgehead atoms. The van der Waals surface area contributed by atoms with Crippen LogP contribution in [0.4, 0.5) is 5.69 Å². The lowest BCUT2D eigenvalue weighted by Crippen LogP contribution is -2.45. The summed E-state index contributed by atoms with van der Waals surface area (Å²) < 4.78 is 1.97. The molecule has 2 amide bonds. The minimum Gasteiger partial charge on any atom is -0.368 e. The third kappa shape index (κ3) is 2.92. The van der Waals surface area contributed by atoms with Crippen molar-refractivity contribution in [3.05, 3.63) is 46.5 Å². The van der Waals surface area contributed by atoms with E-state index in [4.69, 9.17) is 5.73 Å². The van der Waals surface area contributed by atoms with Crippen molar-refractivity contribution in [2.24, 2.45) is 11.7 Å². The number of aromatic nitrogens is 2. The predicted octanol–water partition coefficient (Wildman–Crippen LogP) is 3.12. The summed E-state index contributed by atoms with van der Waals surface area (Å²) in [4.78, 5) is 28.5. The van der Waals surface area contributed by atoms with E-state index in [1.807, 2.05) is 41.9 Å². The molecule has 0 radical (unpaired) electrons. The molecular formula is C20H22N4O2S. The largest absolute Gasteiger partial charge is 0.368 e. The SMILES string of the molecule is Cc1nn(CC(C)C)c2sc(C(=O)N3c4ccccc4C[C@H]3C(N)=O)cc12. The minimum absolute atomic E-state index is 0.180. The molecule has 3 heterocycles. The summed E-state index contributed by atoms with van der Waals surface area (Å²) in [5.74, 6) is -0.207. The third-order valence-electron chi connectivity index (χ3n) is 4.88. The molecule has 3 aromatic rings. The second-order valence-electron chi connectivity index (χ2n) is 7.42. The number of fused-ring (bicyclic) bond motifs is 2. The Balaban J connectivity index is 1.77. The molecule has 2 N–H and O–H groups in total. The zero-order valence-corrected chi connectivity index (χ0v) is 16.4. The zero-order valence-electron chi connectivity index (χ0n) is 15.6. The number of hydrogen-bond donors (Lipinski definition) is 1. The summed E-state index contributed by atoms with van der Waals surface area (Å²) in [5.41, 5.74) is 8.25. The van der Waals surface area contributed by atoms with Gasteiger partial charge in [-0.2, -0.15) is 5.10 Å². The normalized spacial score (nSPS) is 16.3. The van der Waals surface area contributed by atoms with Gasteiger partial charge in [-0.3, -0.25) is 19.2 Å². The number of hydrogen-bond acceptors (Lipinski definition) is 4. The smallest absolute Gasteiger partial charge is 0.269 e. The minimum atomic E-state index is -0.645. The summed E-state index contributed by atoms with van der Waals surface area (Å²) in [5, 5.41) is 5.59. The Labute approximate surface area is 161 Å². The van der Waals surface area contributed by atoms with Crippen molar-refractivity contribution in [1.29, 1.82) is 0 Å². The number of para-hydroxylation sites is 1. The summed E-state index contributed by atoms with van der Waals surface area (Å²) in [6.45, 7) is 7.04. The number of nitrogens with two attached hydrogens (primary N) is 1. The van der Waals surface area contributed by atoms with E-state index in [0.29, 0.717) is 17.2 Å². The van der Waals surface area contributed by atoms with Crippen molar-refractivity contribution in [3.8, 4) is 0 Å². The van der Waals surface area contributed by atoms with Gasteiger partial charge in [-0.15, -0.1) is 11.3 Å². The highest BCUT2D eigenvalue weighted by Gasteiger charge is 2.38. The summed E-state index contributed by atoms with van der Waals surface area (Å²) in [7, 11) is 0. The molecular weight excluding hydrogens is 360 g/mol. The zero-order chi connectivity index (χ0) is 19.3. The molecule has 0 spiro atoms. The first-order chi connectivity index (χ1) is 12.9. The van der Waals surface area contributed by atoms with E-state index < -0.39 is 11.9 Å². The van der Waals surface area contributed by atoms with Crippen LogP contribution >= 0.6 is 11.3 Å². The quantitative estimate of drug-likeness (QED) is 0.753. The second-order valence-corrected chi connectivity index (χ2v) is 8.45. The lowest BCUT2D eigenvalue weighted by Gasteiger charge is -2.22. The van der Waals surface area contributed by atoms with Crippen LogP contribution in [0, 0.1) is 12.8 Å². The predicted molar refractivity (Wildman–Crippen MR) is 107 cm³/mol. The maximum atomic E-state index is 13.3. The van der Waals surface area contributed by atoms with Crippen LogP contribution in [0.5, 0.6) is 0 Å². The van der Waals surface area contributed by atoms with Gasteiger partial charge < -0.3 is 5.73 Å². The molecule has 27 heavy (non-hydrogen) atoms. The van der Waals surface area contributed by atoms with Gasteiger partial charge in [0.1, 0.15) is 10.9 Å². The Morgan fingerprint density at radius 1 is 1.33 bits per heavy atom. The van der Waals surface area contributed by atoms with E-state index in [0.717, 1.165) is 33.7 Å². The molecule has 0 aliphatic carbocycles. The average Bonchev–Trinajstić information content (AvgIpc) is 3.28. The molecule has 0 saturated carbocycles. The number of anilines is 1. The molecule has 1 atom stereocenters. The highest BCUT2D eigenvalue weighted by atomic mass is 32.1. The number of benzene rings is 1. The number of carbonyl (C=O) groups is 2. The van der Waals surface area contributed by atoms with Crippen molar-refractivity contribution in [2.75, 3.05) is 4.90 Å². The standard InChI is InChI=1S/C20H22N4O2S/c1-11(2)10-23-20-14(12(3)22-23)9-17(27-20)19(26)24-15-7-5-4-6-13(15)8-16(24)18(21)25/h4-7,9,11,16H,8,10H2,1-3H3,(H2,21,25)/t16-/m0/s1. The number of amides is 2. The van der Waals surface area contributed by atoms with Crippen LogP contribution in [-0.2, 0) is 17.8 Å². The first-order valence-corrected chi connectivity index (χ1v) is 9.86. The van der Waals surface area contributed by atoms with E-state index in [1.165, 1.54) is 11.3 Å². The molecule has 0 fully saturated rings. The highest BCUT2D eigenvalue weighted by Crippen LogP contribution is 2.36. The number of aryl methyl sites for hydroxylation is 1. The number of carbonyl (C=O) groups excluding carboxylic acids is 2. The fourth-order valence-corrected chi connectivity index (χ4v) is 4.78.